The molecule has 1 unspecified atom stereocenters. The molecule has 2 aliphatic rings. The molecule has 102 valence electrons. The first kappa shape index (κ1) is 13.4. The second-order valence-corrected chi connectivity index (χ2v) is 5.76. The van der Waals surface area contributed by atoms with E-state index in [1.165, 1.54) is 32.1 Å². The van der Waals surface area contributed by atoms with Gasteiger partial charge in [0.1, 0.15) is 6.04 Å². The SMILES string of the molecule is O=C(CCC1CCCCC1)NC(C(=O)O)C1CC1. The Kier molecular flexibility index (Phi) is 4.61. The first-order valence-corrected chi connectivity index (χ1v) is 7.19. The second kappa shape index (κ2) is 6.21. The van der Waals surface area contributed by atoms with Crippen LogP contribution in [-0.4, -0.2) is 23.0 Å². The fourth-order valence-corrected chi connectivity index (χ4v) is 2.87. The third kappa shape index (κ3) is 4.00. The van der Waals surface area contributed by atoms with Gasteiger partial charge < -0.3 is 10.4 Å². The van der Waals surface area contributed by atoms with Gasteiger partial charge in [-0.15, -0.1) is 0 Å². The summed E-state index contributed by atoms with van der Waals surface area (Å²) >= 11 is 0. The van der Waals surface area contributed by atoms with Gasteiger partial charge in [-0.3, -0.25) is 4.79 Å². The number of amides is 1. The number of carboxylic acids is 1. The van der Waals surface area contributed by atoms with E-state index in [4.69, 9.17) is 5.11 Å². The van der Waals surface area contributed by atoms with Crippen LogP contribution in [0.5, 0.6) is 0 Å². The molecule has 2 saturated carbocycles. The van der Waals surface area contributed by atoms with Gasteiger partial charge in [-0.1, -0.05) is 32.1 Å². The van der Waals surface area contributed by atoms with Crippen LogP contribution in [-0.2, 0) is 9.59 Å². The fourth-order valence-electron chi connectivity index (χ4n) is 2.87. The van der Waals surface area contributed by atoms with Gasteiger partial charge in [0.25, 0.3) is 0 Å². The van der Waals surface area contributed by atoms with Crippen molar-refractivity contribution >= 4 is 11.9 Å². The number of hydrogen-bond donors (Lipinski definition) is 2. The van der Waals surface area contributed by atoms with Crippen LogP contribution in [0.4, 0.5) is 0 Å². The summed E-state index contributed by atoms with van der Waals surface area (Å²) < 4.78 is 0. The van der Waals surface area contributed by atoms with Crippen molar-refractivity contribution in [3.8, 4) is 0 Å². The molecule has 0 radical (unpaired) electrons. The van der Waals surface area contributed by atoms with E-state index in [0.717, 1.165) is 19.3 Å². The lowest BCUT2D eigenvalue weighted by molar-refractivity contribution is -0.142. The predicted molar refractivity (Wildman–Crippen MR) is 68.1 cm³/mol. The van der Waals surface area contributed by atoms with Gasteiger partial charge in [0.15, 0.2) is 0 Å². The Morgan fingerprint density at radius 1 is 1.11 bits per heavy atom. The molecule has 1 amide bonds. The number of aliphatic carboxylic acids is 1. The largest absolute Gasteiger partial charge is 0.480 e. The summed E-state index contributed by atoms with van der Waals surface area (Å²) in [6.45, 7) is 0. The van der Waals surface area contributed by atoms with Gasteiger partial charge in [0, 0.05) is 6.42 Å². The van der Waals surface area contributed by atoms with Crippen molar-refractivity contribution in [1.29, 1.82) is 0 Å². The lowest BCUT2D eigenvalue weighted by Gasteiger charge is -2.21. The summed E-state index contributed by atoms with van der Waals surface area (Å²) in [4.78, 5) is 22.8. The van der Waals surface area contributed by atoms with E-state index >= 15 is 0 Å². The highest BCUT2D eigenvalue weighted by Crippen LogP contribution is 2.33. The fraction of sp³-hybridized carbons (Fsp3) is 0.857. The van der Waals surface area contributed by atoms with E-state index < -0.39 is 12.0 Å². The summed E-state index contributed by atoms with van der Waals surface area (Å²) in [5.41, 5.74) is 0. The molecule has 2 fully saturated rings. The highest BCUT2D eigenvalue weighted by atomic mass is 16.4. The van der Waals surface area contributed by atoms with E-state index in [1.54, 1.807) is 0 Å². The second-order valence-electron chi connectivity index (χ2n) is 5.76. The molecule has 0 heterocycles. The molecule has 0 aliphatic heterocycles. The molecule has 1 atom stereocenters. The van der Waals surface area contributed by atoms with E-state index in [2.05, 4.69) is 5.32 Å². The molecule has 4 nitrogen and oxygen atoms in total. The van der Waals surface area contributed by atoms with Crippen LogP contribution in [0.1, 0.15) is 57.8 Å². The summed E-state index contributed by atoms with van der Waals surface area (Å²) in [6, 6.07) is -0.649. The summed E-state index contributed by atoms with van der Waals surface area (Å²) in [5.74, 6) is -0.127. The van der Waals surface area contributed by atoms with E-state index in [9.17, 15) is 9.59 Å². The molecular weight excluding hydrogens is 230 g/mol. The standard InChI is InChI=1S/C14H23NO3/c16-12(9-6-10-4-2-1-3-5-10)15-13(14(17)18)11-7-8-11/h10-11,13H,1-9H2,(H,15,16)(H,17,18). The van der Waals surface area contributed by atoms with Crippen LogP contribution in [0.3, 0.4) is 0 Å². The molecule has 2 rings (SSSR count). The van der Waals surface area contributed by atoms with Crippen molar-refractivity contribution in [1.82, 2.24) is 5.32 Å². The van der Waals surface area contributed by atoms with Crippen molar-refractivity contribution < 1.29 is 14.7 Å². The Morgan fingerprint density at radius 2 is 1.78 bits per heavy atom. The first-order chi connectivity index (χ1) is 8.66. The minimum atomic E-state index is -0.886. The highest BCUT2D eigenvalue weighted by molar-refractivity contribution is 5.84. The van der Waals surface area contributed by atoms with Gasteiger partial charge in [-0.2, -0.15) is 0 Å². The zero-order valence-corrected chi connectivity index (χ0v) is 10.9. The Morgan fingerprint density at radius 3 is 2.33 bits per heavy atom. The number of carbonyl (C=O) groups excluding carboxylic acids is 1. The van der Waals surface area contributed by atoms with Crippen molar-refractivity contribution in [2.75, 3.05) is 0 Å². The Balaban J connectivity index is 1.68. The molecule has 0 aromatic carbocycles. The number of hydrogen-bond acceptors (Lipinski definition) is 2. The van der Waals surface area contributed by atoms with Crippen molar-refractivity contribution in [3.05, 3.63) is 0 Å². The van der Waals surface area contributed by atoms with E-state index in [0.29, 0.717) is 12.3 Å². The van der Waals surface area contributed by atoms with Crippen LogP contribution in [0.25, 0.3) is 0 Å². The maximum atomic E-state index is 11.8. The Labute approximate surface area is 108 Å². The molecule has 0 bridgehead atoms. The van der Waals surface area contributed by atoms with Gasteiger partial charge in [0.05, 0.1) is 0 Å². The zero-order valence-electron chi connectivity index (χ0n) is 10.9. The number of nitrogens with one attached hydrogen (secondary N) is 1. The minimum absolute atomic E-state index is 0.0835. The molecular formula is C14H23NO3. The average Bonchev–Trinajstić information content (AvgIpc) is 3.18. The van der Waals surface area contributed by atoms with Gasteiger partial charge in [-0.05, 0) is 31.1 Å². The van der Waals surface area contributed by atoms with Crippen LogP contribution in [0.15, 0.2) is 0 Å². The summed E-state index contributed by atoms with van der Waals surface area (Å²) in [6.07, 6.45) is 9.63. The molecule has 2 N–H and O–H groups in total. The number of carbonyl (C=O) groups is 2. The maximum Gasteiger partial charge on any atom is 0.326 e. The van der Waals surface area contributed by atoms with Crippen LogP contribution in [0.2, 0.25) is 0 Å². The van der Waals surface area contributed by atoms with Crippen LogP contribution in [0, 0.1) is 11.8 Å². The maximum absolute atomic E-state index is 11.8. The number of rotatable bonds is 6. The lowest BCUT2D eigenvalue weighted by Crippen LogP contribution is -2.42. The van der Waals surface area contributed by atoms with Crippen molar-refractivity contribution in [2.45, 2.75) is 63.8 Å². The third-order valence-electron chi connectivity index (χ3n) is 4.18. The molecule has 2 aliphatic carbocycles. The van der Waals surface area contributed by atoms with Crippen molar-refractivity contribution in [2.24, 2.45) is 11.8 Å². The molecule has 0 spiro atoms. The molecule has 0 aromatic heterocycles. The zero-order chi connectivity index (χ0) is 13.0. The summed E-state index contributed by atoms with van der Waals surface area (Å²) in [5, 5.41) is 11.7. The van der Waals surface area contributed by atoms with E-state index in [1.807, 2.05) is 0 Å². The first-order valence-electron chi connectivity index (χ1n) is 7.19. The predicted octanol–water partition coefficient (Wildman–Crippen LogP) is 2.33. The smallest absolute Gasteiger partial charge is 0.326 e. The number of carboxylic acid groups (broad SMARTS) is 1. The Hall–Kier alpha value is -1.06. The topological polar surface area (TPSA) is 66.4 Å². The van der Waals surface area contributed by atoms with Gasteiger partial charge >= 0.3 is 5.97 Å². The van der Waals surface area contributed by atoms with Crippen LogP contribution < -0.4 is 5.32 Å². The molecule has 0 aromatic rings. The Bertz CT molecular complexity index is 306. The third-order valence-corrected chi connectivity index (χ3v) is 4.18. The normalized spacial score (nSPS) is 22.4. The van der Waals surface area contributed by atoms with Crippen molar-refractivity contribution in [3.63, 3.8) is 0 Å². The quantitative estimate of drug-likeness (QED) is 0.763. The summed E-state index contributed by atoms with van der Waals surface area (Å²) in [7, 11) is 0. The average molecular weight is 253 g/mol. The van der Waals surface area contributed by atoms with E-state index in [-0.39, 0.29) is 11.8 Å². The van der Waals surface area contributed by atoms with Crippen LogP contribution >= 0.6 is 0 Å². The molecule has 0 saturated heterocycles. The highest BCUT2D eigenvalue weighted by Gasteiger charge is 2.37. The molecule has 18 heavy (non-hydrogen) atoms. The lowest BCUT2D eigenvalue weighted by atomic mass is 9.86. The minimum Gasteiger partial charge on any atom is -0.480 e. The van der Waals surface area contributed by atoms with Gasteiger partial charge in [0.2, 0.25) is 5.91 Å². The molecule has 4 heteroatoms. The monoisotopic (exact) mass is 253 g/mol. The van der Waals surface area contributed by atoms with Gasteiger partial charge in [-0.25, -0.2) is 4.79 Å².